The van der Waals surface area contributed by atoms with Crippen molar-refractivity contribution in [3.8, 4) is 5.75 Å². The fraction of sp³-hybridized carbons (Fsp3) is 0.250. The van der Waals surface area contributed by atoms with Gasteiger partial charge in [-0.25, -0.2) is 13.1 Å². The van der Waals surface area contributed by atoms with Gasteiger partial charge in [0, 0.05) is 23.7 Å². The number of non-ortho nitro benzene ring substituents is 1. The van der Waals surface area contributed by atoms with Gasteiger partial charge in [0.05, 0.1) is 9.82 Å². The quantitative estimate of drug-likeness (QED) is 0.449. The minimum Gasteiger partial charge on any atom is -0.492 e. The van der Waals surface area contributed by atoms with Gasteiger partial charge in [-0.2, -0.15) is 0 Å². The number of nitrogens with zero attached hydrogens (tertiary/aromatic N) is 1. The third-order valence-corrected chi connectivity index (χ3v) is 5.49. The van der Waals surface area contributed by atoms with E-state index in [9.17, 15) is 18.5 Å². The minimum absolute atomic E-state index is 0.00988. The highest BCUT2D eigenvalue weighted by Gasteiger charge is 2.20. The van der Waals surface area contributed by atoms with E-state index in [1.165, 1.54) is 12.1 Å². The Kier molecular flexibility index (Phi) is 5.99. The summed E-state index contributed by atoms with van der Waals surface area (Å²) in [5.74, 6) is 0.529. The molecule has 0 aromatic heterocycles. The largest absolute Gasteiger partial charge is 0.492 e. The van der Waals surface area contributed by atoms with Crippen LogP contribution in [-0.2, 0) is 10.0 Å². The highest BCUT2D eigenvalue weighted by Crippen LogP contribution is 2.22. The Morgan fingerprint density at radius 3 is 2.48 bits per heavy atom. The molecule has 0 spiro atoms. The second kappa shape index (κ2) is 7.81. The molecule has 0 aliphatic heterocycles. The molecule has 2 aromatic carbocycles. The van der Waals surface area contributed by atoms with Gasteiger partial charge in [0.15, 0.2) is 0 Å². The van der Waals surface area contributed by atoms with Gasteiger partial charge in [-0.15, -0.1) is 0 Å². The van der Waals surface area contributed by atoms with Crippen molar-refractivity contribution >= 4 is 27.3 Å². The van der Waals surface area contributed by atoms with E-state index in [2.05, 4.69) is 4.72 Å². The molecule has 0 bridgehead atoms. The molecule has 0 radical (unpaired) electrons. The first-order valence-corrected chi connectivity index (χ1v) is 9.20. The third-order valence-electron chi connectivity index (χ3n) is 3.48. The summed E-state index contributed by atoms with van der Waals surface area (Å²) in [7, 11) is -3.88. The fourth-order valence-electron chi connectivity index (χ4n) is 2.08. The molecule has 1 N–H and O–H groups in total. The predicted octanol–water partition coefficient (Wildman–Crippen LogP) is 3.22. The van der Waals surface area contributed by atoms with Gasteiger partial charge in [-0.1, -0.05) is 23.7 Å². The molecule has 2 aromatic rings. The van der Waals surface area contributed by atoms with Crippen molar-refractivity contribution in [2.75, 3.05) is 13.2 Å². The van der Waals surface area contributed by atoms with E-state index >= 15 is 0 Å². The lowest BCUT2D eigenvalue weighted by Gasteiger charge is -2.11. The molecule has 0 atom stereocenters. The van der Waals surface area contributed by atoms with Gasteiger partial charge >= 0.3 is 0 Å². The number of hydrogen-bond acceptors (Lipinski definition) is 5. The van der Waals surface area contributed by atoms with Gasteiger partial charge in [-0.3, -0.25) is 10.1 Å². The standard InChI is InChI=1S/C16H17ClN2O5S/c1-11-4-6-14(10-15(11)17)24-8-7-18-25(22,23)16-9-13(19(20)21)5-3-12(16)2/h3-6,9-10,18H,7-8H2,1-2H3. The van der Waals surface area contributed by atoms with E-state index in [1.54, 1.807) is 25.1 Å². The van der Waals surface area contributed by atoms with Crippen molar-refractivity contribution < 1.29 is 18.1 Å². The molecule has 2 rings (SSSR count). The molecule has 0 aliphatic rings. The topological polar surface area (TPSA) is 98.5 Å². The molecule has 0 fully saturated rings. The fourth-order valence-corrected chi connectivity index (χ4v) is 3.52. The van der Waals surface area contributed by atoms with Crippen LogP contribution in [0.5, 0.6) is 5.75 Å². The van der Waals surface area contributed by atoms with Gasteiger partial charge in [-0.05, 0) is 37.1 Å². The van der Waals surface area contributed by atoms with E-state index in [4.69, 9.17) is 16.3 Å². The zero-order chi connectivity index (χ0) is 18.6. The first-order valence-electron chi connectivity index (χ1n) is 7.34. The molecule has 0 amide bonds. The molecule has 0 aliphatic carbocycles. The first kappa shape index (κ1) is 19.2. The maximum Gasteiger partial charge on any atom is 0.270 e. The molecule has 9 heteroatoms. The van der Waals surface area contributed by atoms with Crippen molar-refractivity contribution in [3.63, 3.8) is 0 Å². The number of nitro benzene ring substituents is 1. The predicted molar refractivity (Wildman–Crippen MR) is 94.7 cm³/mol. The average Bonchev–Trinajstić information content (AvgIpc) is 2.55. The van der Waals surface area contributed by atoms with Crippen LogP contribution in [0.3, 0.4) is 0 Å². The second-order valence-electron chi connectivity index (χ2n) is 5.36. The van der Waals surface area contributed by atoms with Crippen LogP contribution in [0.4, 0.5) is 5.69 Å². The van der Waals surface area contributed by atoms with E-state index < -0.39 is 14.9 Å². The van der Waals surface area contributed by atoms with Crippen LogP contribution in [-0.4, -0.2) is 26.5 Å². The number of sulfonamides is 1. The van der Waals surface area contributed by atoms with Gasteiger partial charge < -0.3 is 4.74 Å². The van der Waals surface area contributed by atoms with E-state index in [1.807, 2.05) is 6.92 Å². The summed E-state index contributed by atoms with van der Waals surface area (Å²) in [6, 6.07) is 8.89. The number of aryl methyl sites for hydroxylation is 2. The van der Waals surface area contributed by atoms with Crippen LogP contribution in [0.2, 0.25) is 5.02 Å². The van der Waals surface area contributed by atoms with Gasteiger partial charge in [0.25, 0.3) is 5.69 Å². The summed E-state index contributed by atoms with van der Waals surface area (Å²) in [5, 5.41) is 11.4. The number of hydrogen-bond donors (Lipinski definition) is 1. The number of nitro groups is 1. The molecule has 25 heavy (non-hydrogen) atoms. The van der Waals surface area contributed by atoms with E-state index in [-0.39, 0.29) is 23.7 Å². The maximum atomic E-state index is 12.3. The third kappa shape index (κ3) is 4.91. The number of halogens is 1. The van der Waals surface area contributed by atoms with Gasteiger partial charge in [0.2, 0.25) is 10.0 Å². The van der Waals surface area contributed by atoms with Crippen LogP contribution >= 0.6 is 11.6 Å². The van der Waals surface area contributed by atoms with Crippen molar-refractivity contribution in [3.05, 3.63) is 62.7 Å². The van der Waals surface area contributed by atoms with Crippen molar-refractivity contribution in [2.24, 2.45) is 0 Å². The molecular weight excluding hydrogens is 368 g/mol. The number of rotatable bonds is 7. The normalized spacial score (nSPS) is 11.3. The second-order valence-corrected chi connectivity index (χ2v) is 7.51. The Bertz CT molecular complexity index is 899. The summed E-state index contributed by atoms with van der Waals surface area (Å²) in [6.45, 7) is 3.53. The molecular formula is C16H17ClN2O5S. The first-order chi connectivity index (χ1) is 11.7. The van der Waals surface area contributed by atoms with Crippen LogP contribution in [0.1, 0.15) is 11.1 Å². The van der Waals surface area contributed by atoms with Crippen molar-refractivity contribution in [2.45, 2.75) is 18.7 Å². The highest BCUT2D eigenvalue weighted by molar-refractivity contribution is 7.89. The molecule has 0 unspecified atom stereocenters. The molecule has 7 nitrogen and oxygen atoms in total. The Morgan fingerprint density at radius 2 is 1.84 bits per heavy atom. The maximum absolute atomic E-state index is 12.3. The van der Waals surface area contributed by atoms with Crippen LogP contribution in [0, 0.1) is 24.0 Å². The van der Waals surface area contributed by atoms with Crippen LogP contribution < -0.4 is 9.46 Å². The lowest BCUT2D eigenvalue weighted by atomic mass is 10.2. The summed E-state index contributed by atoms with van der Waals surface area (Å²) in [6.07, 6.45) is 0. The summed E-state index contributed by atoms with van der Waals surface area (Å²) >= 11 is 5.99. The molecule has 0 saturated heterocycles. The lowest BCUT2D eigenvalue weighted by molar-refractivity contribution is -0.385. The van der Waals surface area contributed by atoms with E-state index in [0.29, 0.717) is 16.3 Å². The van der Waals surface area contributed by atoms with Crippen LogP contribution in [0.15, 0.2) is 41.3 Å². The van der Waals surface area contributed by atoms with Crippen molar-refractivity contribution in [1.29, 1.82) is 0 Å². The highest BCUT2D eigenvalue weighted by atomic mass is 35.5. The Morgan fingerprint density at radius 1 is 1.16 bits per heavy atom. The summed E-state index contributed by atoms with van der Waals surface area (Å²) in [5.41, 5.74) is 1.05. The summed E-state index contributed by atoms with van der Waals surface area (Å²) < 4.78 is 32.5. The zero-order valence-electron chi connectivity index (χ0n) is 13.7. The molecule has 134 valence electrons. The van der Waals surface area contributed by atoms with E-state index in [0.717, 1.165) is 11.6 Å². The minimum atomic E-state index is -3.88. The van der Waals surface area contributed by atoms with Crippen LogP contribution in [0.25, 0.3) is 0 Å². The van der Waals surface area contributed by atoms with Crippen molar-refractivity contribution in [1.82, 2.24) is 4.72 Å². The Balaban J connectivity index is 2.01. The SMILES string of the molecule is Cc1ccc(OCCNS(=O)(=O)c2cc([N+](=O)[O-])ccc2C)cc1Cl. The molecule has 0 saturated carbocycles. The zero-order valence-corrected chi connectivity index (χ0v) is 15.2. The molecule has 0 heterocycles. The smallest absolute Gasteiger partial charge is 0.270 e. The Hall–Kier alpha value is -2.16. The number of nitrogens with one attached hydrogen (secondary N) is 1. The Labute approximate surface area is 150 Å². The number of benzene rings is 2. The summed E-state index contributed by atoms with van der Waals surface area (Å²) in [4.78, 5) is 10.1. The van der Waals surface area contributed by atoms with Gasteiger partial charge in [0.1, 0.15) is 12.4 Å². The lowest BCUT2D eigenvalue weighted by Crippen LogP contribution is -2.28. The monoisotopic (exact) mass is 384 g/mol. The number of ether oxygens (including phenoxy) is 1. The average molecular weight is 385 g/mol.